The number of carbonyl (C=O) groups is 1. The molecule has 1 unspecified atom stereocenters. The second-order valence-electron chi connectivity index (χ2n) is 10.4. The van der Waals surface area contributed by atoms with E-state index in [4.69, 9.17) is 4.98 Å². The van der Waals surface area contributed by atoms with E-state index in [9.17, 15) is 15.2 Å². The van der Waals surface area contributed by atoms with Crippen LogP contribution in [0.3, 0.4) is 0 Å². The van der Waals surface area contributed by atoms with Gasteiger partial charge >= 0.3 is 0 Å². The lowest BCUT2D eigenvalue weighted by Gasteiger charge is -2.42. The molecule has 194 valence electrons. The Morgan fingerprint density at radius 2 is 2.05 bits per heavy atom. The van der Waals surface area contributed by atoms with Crippen molar-refractivity contribution in [1.29, 1.82) is 5.26 Å². The van der Waals surface area contributed by atoms with Crippen molar-refractivity contribution in [2.45, 2.75) is 44.1 Å². The smallest absolute Gasteiger partial charge is 0.225 e. The number of nitrogens with zero attached hydrogens (tertiary/aromatic N) is 6. The molecule has 0 radical (unpaired) electrons. The molecule has 3 aromatic heterocycles. The van der Waals surface area contributed by atoms with Crippen molar-refractivity contribution < 1.29 is 9.90 Å². The van der Waals surface area contributed by atoms with Crippen molar-refractivity contribution in [3.05, 3.63) is 54.1 Å². The van der Waals surface area contributed by atoms with E-state index in [1.165, 1.54) is 0 Å². The minimum atomic E-state index is -0.132. The number of piperazine rings is 1. The van der Waals surface area contributed by atoms with Crippen LogP contribution in [0, 0.1) is 17.2 Å². The van der Waals surface area contributed by atoms with Gasteiger partial charge in [0.1, 0.15) is 11.9 Å². The molecule has 3 aliphatic rings. The van der Waals surface area contributed by atoms with Gasteiger partial charge in [-0.2, -0.15) is 5.26 Å². The van der Waals surface area contributed by atoms with Crippen LogP contribution in [0.2, 0.25) is 0 Å². The van der Waals surface area contributed by atoms with E-state index < -0.39 is 0 Å². The number of anilines is 3. The van der Waals surface area contributed by atoms with Crippen LogP contribution in [0.15, 0.2) is 37.2 Å². The second kappa shape index (κ2) is 10.0. The van der Waals surface area contributed by atoms with Crippen LogP contribution in [0.25, 0.3) is 17.0 Å². The fourth-order valence-corrected chi connectivity index (χ4v) is 5.50. The zero-order valence-corrected chi connectivity index (χ0v) is 21.3. The summed E-state index contributed by atoms with van der Waals surface area (Å²) in [6.07, 6.45) is 9.70. The van der Waals surface area contributed by atoms with Crippen LogP contribution in [0.5, 0.6) is 0 Å². The standard InChI is InChI=1S/C29H31N7O2/c1-2-21-14-23(22-7-9-31-16-25(22)32-21)33-24-13-20(15-30)29(34-28(24)19-5-6-19)35-10-11-36(27(38)8-12-37)26(17-35)18-3-4-18/h2,7,9,13-14,16,18-19,26,37H,1,3-6,8,10-12,17H2,(H,32,33). The van der Waals surface area contributed by atoms with Crippen molar-refractivity contribution in [2.24, 2.45) is 5.92 Å². The lowest BCUT2D eigenvalue weighted by molar-refractivity contribution is -0.135. The largest absolute Gasteiger partial charge is 0.396 e. The number of carbonyl (C=O) groups excluding carboxylic acids is 1. The van der Waals surface area contributed by atoms with Gasteiger partial charge in [-0.05, 0) is 55.9 Å². The van der Waals surface area contributed by atoms with E-state index >= 15 is 0 Å². The monoisotopic (exact) mass is 509 g/mol. The van der Waals surface area contributed by atoms with E-state index in [1.54, 1.807) is 18.5 Å². The van der Waals surface area contributed by atoms with Crippen molar-refractivity contribution in [3.8, 4) is 6.07 Å². The Labute approximate surface area is 221 Å². The highest BCUT2D eigenvalue weighted by molar-refractivity contribution is 5.94. The van der Waals surface area contributed by atoms with E-state index in [0.29, 0.717) is 42.9 Å². The summed E-state index contributed by atoms with van der Waals surface area (Å²) in [4.78, 5) is 30.7. The number of nitriles is 1. The topological polar surface area (TPSA) is 118 Å². The van der Waals surface area contributed by atoms with Gasteiger partial charge in [0.05, 0.1) is 52.7 Å². The molecule has 38 heavy (non-hydrogen) atoms. The number of amides is 1. The van der Waals surface area contributed by atoms with Gasteiger partial charge in [0.25, 0.3) is 0 Å². The van der Waals surface area contributed by atoms with E-state index in [-0.39, 0.29) is 25.0 Å². The number of aliphatic hydroxyl groups is 1. The Morgan fingerprint density at radius 1 is 1.21 bits per heavy atom. The normalized spacial score (nSPS) is 19.3. The van der Waals surface area contributed by atoms with Crippen molar-refractivity contribution in [3.63, 3.8) is 0 Å². The summed E-state index contributed by atoms with van der Waals surface area (Å²) in [5.74, 6) is 1.54. The molecule has 1 aliphatic heterocycles. The molecule has 3 aromatic rings. The third-order valence-corrected chi connectivity index (χ3v) is 7.76. The molecule has 1 amide bonds. The van der Waals surface area contributed by atoms with Gasteiger partial charge in [-0.3, -0.25) is 9.78 Å². The number of pyridine rings is 3. The molecule has 0 bridgehead atoms. The highest BCUT2D eigenvalue weighted by atomic mass is 16.3. The lowest BCUT2D eigenvalue weighted by Crippen LogP contribution is -2.56. The Hall–Kier alpha value is -4.03. The van der Waals surface area contributed by atoms with Crippen molar-refractivity contribution in [1.82, 2.24) is 19.9 Å². The molecule has 6 rings (SSSR count). The van der Waals surface area contributed by atoms with E-state index in [0.717, 1.165) is 59.3 Å². The molecular weight excluding hydrogens is 478 g/mol. The first-order valence-corrected chi connectivity index (χ1v) is 13.3. The lowest BCUT2D eigenvalue weighted by atomic mass is 10.0. The molecule has 9 heteroatoms. The van der Waals surface area contributed by atoms with Gasteiger partial charge in [0, 0.05) is 43.6 Å². The Kier molecular flexibility index (Phi) is 6.42. The van der Waals surface area contributed by atoms with Crippen LogP contribution in [0.4, 0.5) is 17.2 Å². The summed E-state index contributed by atoms with van der Waals surface area (Å²) < 4.78 is 0. The van der Waals surface area contributed by atoms with E-state index in [1.807, 2.05) is 23.1 Å². The second-order valence-corrected chi connectivity index (χ2v) is 10.4. The number of fused-ring (bicyclic) bond motifs is 1. The summed E-state index contributed by atoms with van der Waals surface area (Å²) >= 11 is 0. The average Bonchev–Trinajstić information content (AvgIpc) is 3.86. The number of hydrogen-bond donors (Lipinski definition) is 2. The summed E-state index contributed by atoms with van der Waals surface area (Å²) in [5.41, 5.74) is 4.71. The van der Waals surface area contributed by atoms with Crippen molar-refractivity contribution >= 4 is 40.1 Å². The van der Waals surface area contributed by atoms with Crippen LogP contribution >= 0.6 is 0 Å². The average molecular weight is 510 g/mol. The van der Waals surface area contributed by atoms with Crippen LogP contribution in [-0.4, -0.2) is 63.1 Å². The molecule has 2 saturated carbocycles. The predicted octanol–water partition coefficient (Wildman–Crippen LogP) is 3.97. The highest BCUT2D eigenvalue weighted by Crippen LogP contribution is 2.45. The number of hydrogen-bond acceptors (Lipinski definition) is 8. The molecule has 9 nitrogen and oxygen atoms in total. The third kappa shape index (κ3) is 4.68. The number of aromatic nitrogens is 3. The highest BCUT2D eigenvalue weighted by Gasteiger charge is 2.41. The van der Waals surface area contributed by atoms with Gasteiger partial charge in [-0.25, -0.2) is 9.97 Å². The van der Waals surface area contributed by atoms with Crippen LogP contribution in [0.1, 0.15) is 55.0 Å². The Bertz CT molecular complexity index is 1440. The maximum atomic E-state index is 12.7. The number of rotatable bonds is 8. The minimum Gasteiger partial charge on any atom is -0.396 e. The predicted molar refractivity (Wildman–Crippen MR) is 146 cm³/mol. The van der Waals surface area contributed by atoms with Gasteiger partial charge in [-0.1, -0.05) is 6.58 Å². The maximum absolute atomic E-state index is 12.7. The SMILES string of the molecule is C=Cc1cc(Nc2cc(C#N)c(N3CCN(C(=O)CCO)C(C4CC4)C3)nc2C2CC2)c2ccncc2n1. The fraction of sp³-hybridized carbons (Fsp3) is 0.414. The summed E-state index contributed by atoms with van der Waals surface area (Å²) in [6, 6.07) is 8.28. The first-order chi connectivity index (χ1) is 18.6. The molecule has 0 spiro atoms. The summed E-state index contributed by atoms with van der Waals surface area (Å²) in [6.45, 7) is 5.59. The van der Waals surface area contributed by atoms with Crippen molar-refractivity contribution in [2.75, 3.05) is 36.5 Å². The molecule has 1 atom stereocenters. The fourth-order valence-electron chi connectivity index (χ4n) is 5.50. The molecule has 4 heterocycles. The minimum absolute atomic E-state index is 0.00871. The van der Waals surface area contributed by atoms with Crippen LogP contribution in [-0.2, 0) is 4.79 Å². The van der Waals surface area contributed by atoms with Gasteiger partial charge in [-0.15, -0.1) is 0 Å². The van der Waals surface area contributed by atoms with Gasteiger partial charge in [0.15, 0.2) is 0 Å². The number of aliphatic hydroxyl groups excluding tert-OH is 1. The third-order valence-electron chi connectivity index (χ3n) is 7.76. The van der Waals surface area contributed by atoms with E-state index in [2.05, 4.69) is 32.8 Å². The molecule has 0 aromatic carbocycles. The molecule has 1 saturated heterocycles. The maximum Gasteiger partial charge on any atom is 0.225 e. The Morgan fingerprint density at radius 3 is 2.76 bits per heavy atom. The summed E-state index contributed by atoms with van der Waals surface area (Å²) in [5, 5.41) is 24.0. The van der Waals surface area contributed by atoms with Gasteiger partial charge < -0.3 is 20.2 Å². The molecule has 2 N–H and O–H groups in total. The first kappa shape index (κ1) is 24.3. The Balaban J connectivity index is 1.35. The van der Waals surface area contributed by atoms with Gasteiger partial charge in [0.2, 0.25) is 5.91 Å². The molecular formula is C29H31N7O2. The van der Waals surface area contributed by atoms with Crippen LogP contribution < -0.4 is 10.2 Å². The molecule has 2 aliphatic carbocycles. The number of nitrogens with one attached hydrogen (secondary N) is 1. The zero-order chi connectivity index (χ0) is 26.2. The quantitative estimate of drug-likeness (QED) is 0.468. The summed E-state index contributed by atoms with van der Waals surface area (Å²) in [7, 11) is 0. The molecule has 3 fully saturated rings. The first-order valence-electron chi connectivity index (χ1n) is 13.3. The zero-order valence-electron chi connectivity index (χ0n) is 21.3.